The number of benzene rings is 1. The van der Waals surface area contributed by atoms with Gasteiger partial charge >= 0.3 is 0 Å². The highest BCUT2D eigenvalue weighted by Crippen LogP contribution is 2.41. The monoisotopic (exact) mass is 416 g/mol. The first-order valence-electron chi connectivity index (χ1n) is 10.3. The number of hydrogen-bond donors (Lipinski definition) is 1. The molecule has 2 aromatic rings. The lowest BCUT2D eigenvalue weighted by Crippen LogP contribution is -2.29. The van der Waals surface area contributed by atoms with E-state index in [4.69, 9.17) is 4.74 Å². The molecule has 1 aliphatic carbocycles. The molecule has 4 rings (SSSR count). The van der Waals surface area contributed by atoms with Crippen molar-refractivity contribution >= 4 is 21.6 Å². The third kappa shape index (κ3) is 3.62. The van der Waals surface area contributed by atoms with Gasteiger partial charge in [-0.3, -0.25) is 4.79 Å². The maximum Gasteiger partial charge on any atom is 0.254 e. The van der Waals surface area contributed by atoms with E-state index in [0.717, 1.165) is 37.8 Å². The normalized spacial score (nSPS) is 20.3. The number of amides is 1. The van der Waals surface area contributed by atoms with Crippen molar-refractivity contribution < 1.29 is 17.9 Å². The van der Waals surface area contributed by atoms with Gasteiger partial charge < -0.3 is 14.6 Å². The lowest BCUT2D eigenvalue weighted by Gasteiger charge is -2.21. The summed E-state index contributed by atoms with van der Waals surface area (Å²) in [6.07, 6.45) is 5.19. The Balaban J connectivity index is 1.85. The summed E-state index contributed by atoms with van der Waals surface area (Å²) >= 11 is 0. The number of rotatable bonds is 5. The average Bonchev–Trinajstić information content (AvgIpc) is 3.45. The Morgan fingerprint density at radius 1 is 1.07 bits per heavy atom. The lowest BCUT2D eigenvalue weighted by atomic mass is 10.2. The Labute approximate surface area is 172 Å². The van der Waals surface area contributed by atoms with Crippen LogP contribution in [0, 0.1) is 13.8 Å². The molecule has 1 aromatic carbocycles. The van der Waals surface area contributed by atoms with Crippen LogP contribution >= 0.6 is 0 Å². The smallest absolute Gasteiger partial charge is 0.254 e. The minimum atomic E-state index is -3.78. The van der Waals surface area contributed by atoms with Gasteiger partial charge in [0.15, 0.2) is 0 Å². The summed E-state index contributed by atoms with van der Waals surface area (Å²) in [7, 11) is -3.78. The van der Waals surface area contributed by atoms with Gasteiger partial charge in [-0.1, -0.05) is 31.0 Å². The van der Waals surface area contributed by atoms with Gasteiger partial charge in [0.2, 0.25) is 9.84 Å². The van der Waals surface area contributed by atoms with E-state index in [1.54, 1.807) is 30.3 Å². The molecule has 7 heteroatoms. The van der Waals surface area contributed by atoms with Gasteiger partial charge in [-0.25, -0.2) is 8.42 Å². The molecule has 0 spiro atoms. The fraction of sp³-hybridized carbons (Fsp3) is 0.500. The number of carbonyl (C=O) groups excluding carboxylic acids is 1. The van der Waals surface area contributed by atoms with Crippen molar-refractivity contribution in [3.63, 3.8) is 0 Å². The molecular weight excluding hydrogens is 388 g/mol. The number of nitrogens with one attached hydrogen (secondary N) is 1. The second kappa shape index (κ2) is 7.95. The molecular formula is C22H28N2O4S. The zero-order valence-corrected chi connectivity index (χ0v) is 17.8. The van der Waals surface area contributed by atoms with E-state index in [9.17, 15) is 13.2 Å². The average molecular weight is 417 g/mol. The Kier molecular flexibility index (Phi) is 5.53. The standard InChI is InChI=1S/C22H28N2O4S/c1-15-16(2)24(17-9-6-7-10-17)21(23-22(25)19-13-8-14-28-19)20(15)29(26,27)18-11-4-3-5-12-18/h3-5,11-12,17,19H,6-10,13-14H2,1-2H3,(H,23,25)/t19-/m0/s1. The molecule has 2 fully saturated rings. The lowest BCUT2D eigenvalue weighted by molar-refractivity contribution is -0.124. The summed E-state index contributed by atoms with van der Waals surface area (Å²) in [6.45, 7) is 4.34. The molecule has 0 bridgehead atoms. The third-order valence-electron chi connectivity index (χ3n) is 6.18. The van der Waals surface area contributed by atoms with Gasteiger partial charge in [-0.2, -0.15) is 0 Å². The zero-order valence-electron chi connectivity index (χ0n) is 17.0. The van der Waals surface area contributed by atoms with E-state index >= 15 is 0 Å². The molecule has 1 aliphatic heterocycles. The number of aromatic nitrogens is 1. The number of nitrogens with zero attached hydrogens (tertiary/aromatic N) is 1. The molecule has 29 heavy (non-hydrogen) atoms. The van der Waals surface area contributed by atoms with Crippen molar-refractivity contribution in [1.82, 2.24) is 4.57 Å². The highest BCUT2D eigenvalue weighted by Gasteiger charge is 2.35. The van der Waals surface area contributed by atoms with E-state index in [0.29, 0.717) is 24.4 Å². The molecule has 156 valence electrons. The van der Waals surface area contributed by atoms with Gasteiger partial charge in [0.25, 0.3) is 5.91 Å². The third-order valence-corrected chi connectivity index (χ3v) is 8.11. The number of sulfone groups is 1. The molecule has 2 heterocycles. The van der Waals surface area contributed by atoms with Crippen LogP contribution in [0.4, 0.5) is 5.82 Å². The quantitative estimate of drug-likeness (QED) is 0.794. The summed E-state index contributed by atoms with van der Waals surface area (Å²) in [5.41, 5.74) is 1.59. The number of carbonyl (C=O) groups is 1. The highest BCUT2D eigenvalue weighted by molar-refractivity contribution is 7.91. The second-order valence-corrected chi connectivity index (χ2v) is 9.89. The molecule has 1 atom stereocenters. The first kappa shape index (κ1) is 20.2. The molecule has 1 N–H and O–H groups in total. The van der Waals surface area contributed by atoms with Crippen LogP contribution in [-0.2, 0) is 19.4 Å². The van der Waals surface area contributed by atoms with E-state index < -0.39 is 15.9 Å². The first-order chi connectivity index (χ1) is 13.9. The van der Waals surface area contributed by atoms with E-state index in [2.05, 4.69) is 5.32 Å². The highest BCUT2D eigenvalue weighted by atomic mass is 32.2. The van der Waals surface area contributed by atoms with Crippen LogP contribution in [0.2, 0.25) is 0 Å². The van der Waals surface area contributed by atoms with Crippen molar-refractivity contribution in [1.29, 1.82) is 0 Å². The Morgan fingerprint density at radius 3 is 2.38 bits per heavy atom. The van der Waals surface area contributed by atoms with Crippen molar-refractivity contribution in [2.45, 2.75) is 74.3 Å². The van der Waals surface area contributed by atoms with Gasteiger partial charge in [-0.05, 0) is 57.2 Å². The van der Waals surface area contributed by atoms with Crippen molar-refractivity contribution in [2.75, 3.05) is 11.9 Å². The molecule has 0 radical (unpaired) electrons. The van der Waals surface area contributed by atoms with Crippen LogP contribution in [0.15, 0.2) is 40.1 Å². The Morgan fingerprint density at radius 2 is 1.76 bits per heavy atom. The molecule has 1 saturated carbocycles. The summed E-state index contributed by atoms with van der Waals surface area (Å²) in [5.74, 6) is 0.139. The minimum absolute atomic E-state index is 0.202. The molecule has 1 amide bonds. The van der Waals surface area contributed by atoms with E-state index in [1.807, 2.05) is 18.4 Å². The van der Waals surface area contributed by atoms with Crippen molar-refractivity contribution in [3.8, 4) is 0 Å². The van der Waals surface area contributed by atoms with Crippen molar-refractivity contribution in [3.05, 3.63) is 41.6 Å². The summed E-state index contributed by atoms with van der Waals surface area (Å²) in [6, 6.07) is 8.63. The molecule has 0 unspecified atom stereocenters. The van der Waals surface area contributed by atoms with Gasteiger partial charge in [0, 0.05) is 18.3 Å². The number of anilines is 1. The Hall–Kier alpha value is -2.12. The van der Waals surface area contributed by atoms with Crippen LogP contribution in [0.25, 0.3) is 0 Å². The van der Waals surface area contributed by atoms with Crippen LogP contribution in [0.5, 0.6) is 0 Å². The second-order valence-electron chi connectivity index (χ2n) is 8.00. The maximum atomic E-state index is 13.6. The summed E-state index contributed by atoms with van der Waals surface area (Å²) in [5, 5.41) is 2.96. The summed E-state index contributed by atoms with van der Waals surface area (Å²) < 4.78 is 34.7. The van der Waals surface area contributed by atoms with Crippen LogP contribution in [0.1, 0.15) is 55.8 Å². The minimum Gasteiger partial charge on any atom is -0.368 e. The fourth-order valence-corrected chi connectivity index (χ4v) is 6.27. The maximum absolute atomic E-state index is 13.6. The fourth-order valence-electron chi connectivity index (χ4n) is 4.56. The van der Waals surface area contributed by atoms with Crippen LogP contribution in [-0.4, -0.2) is 31.6 Å². The zero-order chi connectivity index (χ0) is 20.6. The SMILES string of the molecule is Cc1c(S(=O)(=O)c2ccccc2)c(NC(=O)[C@@H]2CCCO2)n(C2CCCC2)c1C. The van der Waals surface area contributed by atoms with Crippen LogP contribution < -0.4 is 5.32 Å². The number of ether oxygens (including phenoxy) is 1. The van der Waals surface area contributed by atoms with Gasteiger partial charge in [0.05, 0.1) is 4.90 Å². The van der Waals surface area contributed by atoms with Gasteiger partial charge in [0.1, 0.15) is 16.8 Å². The largest absolute Gasteiger partial charge is 0.368 e. The predicted octanol–water partition coefficient (Wildman–Crippen LogP) is 4.17. The van der Waals surface area contributed by atoms with Crippen molar-refractivity contribution in [2.24, 2.45) is 0 Å². The molecule has 1 saturated heterocycles. The van der Waals surface area contributed by atoms with Gasteiger partial charge in [-0.15, -0.1) is 0 Å². The molecule has 1 aromatic heterocycles. The molecule has 6 nitrogen and oxygen atoms in total. The first-order valence-corrected chi connectivity index (χ1v) is 11.8. The van der Waals surface area contributed by atoms with Crippen LogP contribution in [0.3, 0.4) is 0 Å². The van der Waals surface area contributed by atoms with E-state index in [1.165, 1.54) is 0 Å². The molecule has 2 aliphatic rings. The Bertz CT molecular complexity index is 999. The predicted molar refractivity (Wildman–Crippen MR) is 111 cm³/mol. The summed E-state index contributed by atoms with van der Waals surface area (Å²) in [4.78, 5) is 13.3. The number of hydrogen-bond acceptors (Lipinski definition) is 4. The topological polar surface area (TPSA) is 77.4 Å². The van der Waals surface area contributed by atoms with E-state index in [-0.39, 0.29) is 21.7 Å².